The predicted molar refractivity (Wildman–Crippen MR) is 136 cm³/mol. The van der Waals surface area contributed by atoms with Gasteiger partial charge in [0.15, 0.2) is 11.5 Å². The van der Waals surface area contributed by atoms with Crippen LogP contribution < -0.4 is 21.7 Å². The summed E-state index contributed by atoms with van der Waals surface area (Å²) in [7, 11) is 2.16. The lowest BCUT2D eigenvalue weighted by Crippen LogP contribution is -2.41. The number of anilines is 3. The van der Waals surface area contributed by atoms with E-state index in [1.807, 2.05) is 12.1 Å². The van der Waals surface area contributed by atoms with E-state index in [4.69, 9.17) is 5.73 Å². The first-order valence-electron chi connectivity index (χ1n) is 12.2. The molecule has 1 aromatic heterocycles. The van der Waals surface area contributed by atoms with Crippen molar-refractivity contribution in [1.82, 2.24) is 25.4 Å². The Hall–Kier alpha value is -3.53. The van der Waals surface area contributed by atoms with Gasteiger partial charge in [0.1, 0.15) is 0 Å². The molecule has 0 bridgehead atoms. The van der Waals surface area contributed by atoms with Gasteiger partial charge in [-0.25, -0.2) is 0 Å². The molecule has 1 aromatic carbocycles. The number of hydrogen-bond acceptors (Lipinski definition) is 8. The summed E-state index contributed by atoms with van der Waals surface area (Å²) in [4.78, 5) is 30.4. The summed E-state index contributed by atoms with van der Waals surface area (Å²) in [5.74, 6) is 0.253. The number of likely N-dealkylation sites (tertiary alicyclic amines) is 1. The van der Waals surface area contributed by atoms with Gasteiger partial charge in [-0.05, 0) is 88.4 Å². The number of nitrogens with zero attached hydrogens (tertiary/aromatic N) is 4. The maximum atomic E-state index is 11.9. The number of nitrogens with one attached hydrogen (secondary N) is 3. The van der Waals surface area contributed by atoms with E-state index in [2.05, 4.69) is 61.8 Å². The van der Waals surface area contributed by atoms with E-state index in [0.29, 0.717) is 11.9 Å². The van der Waals surface area contributed by atoms with Crippen LogP contribution in [0.1, 0.15) is 60.5 Å². The van der Waals surface area contributed by atoms with Crippen molar-refractivity contribution in [1.29, 1.82) is 0 Å². The van der Waals surface area contributed by atoms with Crippen LogP contribution in [0.3, 0.4) is 0 Å². The topological polar surface area (TPSA) is 138 Å². The second-order valence-electron chi connectivity index (χ2n) is 9.44. The van der Waals surface area contributed by atoms with Gasteiger partial charge in [-0.3, -0.25) is 9.59 Å². The molecule has 0 spiro atoms. The van der Waals surface area contributed by atoms with Crippen LogP contribution in [0.25, 0.3) is 0 Å². The average molecular weight is 479 g/mol. The van der Waals surface area contributed by atoms with Crippen molar-refractivity contribution in [2.75, 3.05) is 30.8 Å². The number of piperidine rings is 1. The van der Waals surface area contributed by atoms with Gasteiger partial charge in [-0.2, -0.15) is 4.98 Å². The number of amides is 2. The monoisotopic (exact) mass is 478 g/mol. The number of carbonyl (C=O) groups excluding carboxylic acids is 2. The molecular weight excluding hydrogens is 444 g/mol. The second kappa shape index (κ2) is 11.3. The van der Waals surface area contributed by atoms with E-state index in [-0.39, 0.29) is 29.5 Å². The molecule has 5 N–H and O–H groups in total. The van der Waals surface area contributed by atoms with E-state index >= 15 is 0 Å². The summed E-state index contributed by atoms with van der Waals surface area (Å²) in [5, 5.41) is 17.5. The largest absolute Gasteiger partial charge is 0.364 e. The standard InChI is InChI=1S/C25H34N8O2/c1-3-21(34)27-19-5-4-6-20(15-19)29-25-30-24(22(23(26)35)31-32-25)28-18-9-7-16(8-10-18)17-11-13-33(2)14-12-17/h3,7-10,17,19-20H,1,4-6,11-15H2,2H3,(H2,26,35)(H,27,34)(H2,28,29,30,32)/t19?,20-/m1/s1. The summed E-state index contributed by atoms with van der Waals surface area (Å²) < 4.78 is 0. The van der Waals surface area contributed by atoms with Gasteiger partial charge in [0.05, 0.1) is 0 Å². The van der Waals surface area contributed by atoms with Crippen LogP contribution in [0, 0.1) is 0 Å². The van der Waals surface area contributed by atoms with Gasteiger partial charge in [-0.1, -0.05) is 18.7 Å². The SMILES string of the molecule is C=CC(=O)NC1CCC[C@@H](Nc2nnc(C(N)=O)c(Nc3ccc(C4CCN(C)CC4)cc3)n2)C1. The minimum atomic E-state index is -0.702. The highest BCUT2D eigenvalue weighted by atomic mass is 16.2. The lowest BCUT2D eigenvalue weighted by molar-refractivity contribution is -0.117. The Balaban J connectivity index is 1.44. The van der Waals surface area contributed by atoms with E-state index in [0.717, 1.165) is 57.3 Å². The second-order valence-corrected chi connectivity index (χ2v) is 9.44. The van der Waals surface area contributed by atoms with Gasteiger partial charge >= 0.3 is 0 Å². The van der Waals surface area contributed by atoms with Crippen LogP contribution >= 0.6 is 0 Å². The summed E-state index contributed by atoms with van der Waals surface area (Å²) in [5.41, 5.74) is 7.61. The number of aromatic nitrogens is 3. The van der Waals surface area contributed by atoms with Crippen molar-refractivity contribution in [3.8, 4) is 0 Å². The third-order valence-electron chi connectivity index (χ3n) is 6.82. The minimum absolute atomic E-state index is 0.0188. The molecule has 1 aliphatic heterocycles. The van der Waals surface area contributed by atoms with E-state index in [9.17, 15) is 9.59 Å². The number of carbonyl (C=O) groups is 2. The zero-order valence-corrected chi connectivity index (χ0v) is 20.2. The molecule has 2 fully saturated rings. The number of nitrogens with two attached hydrogens (primary N) is 1. The molecule has 2 amide bonds. The summed E-state index contributed by atoms with van der Waals surface area (Å²) in [6, 6.07) is 8.35. The lowest BCUT2D eigenvalue weighted by Gasteiger charge is -2.30. The zero-order chi connectivity index (χ0) is 24.8. The third kappa shape index (κ3) is 6.54. The highest BCUT2D eigenvalue weighted by Gasteiger charge is 2.24. The first kappa shape index (κ1) is 24.6. The Morgan fingerprint density at radius 3 is 2.49 bits per heavy atom. The summed E-state index contributed by atoms with van der Waals surface area (Å²) >= 11 is 0. The molecule has 2 heterocycles. The minimum Gasteiger partial charge on any atom is -0.364 e. The Kier molecular flexibility index (Phi) is 7.91. The average Bonchev–Trinajstić information content (AvgIpc) is 2.85. The molecule has 1 saturated carbocycles. The van der Waals surface area contributed by atoms with E-state index in [1.54, 1.807) is 0 Å². The molecule has 1 saturated heterocycles. The van der Waals surface area contributed by atoms with Crippen LogP contribution in [0.2, 0.25) is 0 Å². The fraction of sp³-hybridized carbons (Fsp3) is 0.480. The van der Waals surface area contributed by atoms with Crippen molar-refractivity contribution in [3.63, 3.8) is 0 Å². The van der Waals surface area contributed by atoms with Gasteiger partial charge in [0.25, 0.3) is 5.91 Å². The molecule has 10 heteroatoms. The molecule has 0 radical (unpaired) electrons. The van der Waals surface area contributed by atoms with Crippen LogP contribution in [-0.4, -0.2) is 64.1 Å². The first-order chi connectivity index (χ1) is 16.9. The Labute approximate surface area is 205 Å². The van der Waals surface area contributed by atoms with E-state index < -0.39 is 5.91 Å². The molecule has 2 aliphatic rings. The highest BCUT2D eigenvalue weighted by molar-refractivity contribution is 5.96. The zero-order valence-electron chi connectivity index (χ0n) is 20.2. The summed E-state index contributed by atoms with van der Waals surface area (Å²) in [6.07, 6.45) is 7.12. The lowest BCUT2D eigenvalue weighted by atomic mass is 9.89. The fourth-order valence-corrected chi connectivity index (χ4v) is 4.85. The van der Waals surface area contributed by atoms with E-state index in [1.165, 1.54) is 11.6 Å². The normalized spacial score (nSPS) is 21.2. The van der Waals surface area contributed by atoms with Crippen molar-refractivity contribution in [3.05, 3.63) is 48.2 Å². The molecule has 2 atom stereocenters. The van der Waals surface area contributed by atoms with Crippen LogP contribution in [0.5, 0.6) is 0 Å². The van der Waals surface area contributed by atoms with Gasteiger partial charge in [0, 0.05) is 17.8 Å². The number of rotatable bonds is 8. The van der Waals surface area contributed by atoms with Crippen molar-refractivity contribution in [2.24, 2.45) is 5.73 Å². The highest BCUT2D eigenvalue weighted by Crippen LogP contribution is 2.29. The third-order valence-corrected chi connectivity index (χ3v) is 6.82. The molecule has 4 rings (SSSR count). The molecule has 35 heavy (non-hydrogen) atoms. The van der Waals surface area contributed by atoms with Gasteiger partial charge in [-0.15, -0.1) is 10.2 Å². The quantitative estimate of drug-likeness (QED) is 0.425. The fourth-order valence-electron chi connectivity index (χ4n) is 4.85. The molecule has 1 aliphatic carbocycles. The number of benzene rings is 1. The maximum Gasteiger partial charge on any atom is 0.273 e. The van der Waals surface area contributed by atoms with Crippen LogP contribution in [-0.2, 0) is 4.79 Å². The Morgan fingerprint density at radius 1 is 1.09 bits per heavy atom. The number of primary amides is 1. The Morgan fingerprint density at radius 2 is 1.80 bits per heavy atom. The molecule has 10 nitrogen and oxygen atoms in total. The molecule has 1 unspecified atom stereocenters. The number of hydrogen-bond donors (Lipinski definition) is 4. The van der Waals surface area contributed by atoms with Crippen LogP contribution in [0.4, 0.5) is 17.5 Å². The van der Waals surface area contributed by atoms with Crippen molar-refractivity contribution < 1.29 is 9.59 Å². The van der Waals surface area contributed by atoms with Gasteiger partial charge in [0.2, 0.25) is 11.9 Å². The smallest absolute Gasteiger partial charge is 0.273 e. The first-order valence-corrected chi connectivity index (χ1v) is 12.2. The van der Waals surface area contributed by atoms with Crippen LogP contribution in [0.15, 0.2) is 36.9 Å². The predicted octanol–water partition coefficient (Wildman–Crippen LogP) is 2.55. The Bertz CT molecular complexity index is 1050. The van der Waals surface area contributed by atoms with Gasteiger partial charge < -0.3 is 26.6 Å². The molecule has 186 valence electrons. The molecular formula is C25H34N8O2. The summed E-state index contributed by atoms with van der Waals surface area (Å²) in [6.45, 7) is 5.73. The maximum absolute atomic E-state index is 11.9. The molecule has 2 aromatic rings. The van der Waals surface area contributed by atoms with Crippen molar-refractivity contribution in [2.45, 2.75) is 56.5 Å². The van der Waals surface area contributed by atoms with Crippen molar-refractivity contribution >= 4 is 29.3 Å².